The first-order valence-electron chi connectivity index (χ1n) is 6.58. The first-order chi connectivity index (χ1) is 8.44. The highest BCUT2D eigenvalue weighted by Crippen LogP contribution is 2.36. The molecular weight excluding hydrogens is 224 g/mol. The molecule has 0 spiro atoms. The Morgan fingerprint density at radius 3 is 2.89 bits per heavy atom. The third-order valence-corrected chi connectivity index (χ3v) is 3.65. The van der Waals surface area contributed by atoms with Gasteiger partial charge >= 0.3 is 0 Å². The highest BCUT2D eigenvalue weighted by molar-refractivity contribution is 5.79. The molecule has 0 radical (unpaired) electrons. The molecule has 1 fully saturated rings. The lowest BCUT2D eigenvalue weighted by Gasteiger charge is -2.17. The number of hydrogen-bond donors (Lipinski definition) is 2. The van der Waals surface area contributed by atoms with Crippen LogP contribution in [0.2, 0.25) is 0 Å². The van der Waals surface area contributed by atoms with E-state index in [0.29, 0.717) is 23.6 Å². The van der Waals surface area contributed by atoms with Crippen molar-refractivity contribution in [3.8, 4) is 0 Å². The summed E-state index contributed by atoms with van der Waals surface area (Å²) in [4.78, 5) is 11.9. The standard InChI is InChI=1S/C15H22N2O/c1-15(2)7-6-13(10-15)17-14(18)9-11-4-3-5-12(16)8-11/h3-5,8,13H,6-7,9-10,16H2,1-2H3,(H,17,18). The van der Waals surface area contributed by atoms with Crippen molar-refractivity contribution in [2.75, 3.05) is 5.73 Å². The van der Waals surface area contributed by atoms with Crippen molar-refractivity contribution in [1.29, 1.82) is 0 Å². The zero-order chi connectivity index (χ0) is 13.2. The van der Waals surface area contributed by atoms with Crippen LogP contribution in [-0.2, 0) is 11.2 Å². The monoisotopic (exact) mass is 246 g/mol. The highest BCUT2D eigenvalue weighted by atomic mass is 16.1. The van der Waals surface area contributed by atoms with Crippen LogP contribution in [0.25, 0.3) is 0 Å². The first kappa shape index (κ1) is 12.9. The summed E-state index contributed by atoms with van der Waals surface area (Å²) in [5.41, 5.74) is 7.76. The minimum atomic E-state index is 0.100. The van der Waals surface area contributed by atoms with Gasteiger partial charge in [0, 0.05) is 11.7 Å². The number of carbonyl (C=O) groups is 1. The predicted octanol–water partition coefficient (Wildman–Crippen LogP) is 2.51. The summed E-state index contributed by atoms with van der Waals surface area (Å²) < 4.78 is 0. The fraction of sp³-hybridized carbons (Fsp3) is 0.533. The van der Waals surface area contributed by atoms with Gasteiger partial charge in [-0.3, -0.25) is 4.79 Å². The molecule has 1 aromatic carbocycles. The molecule has 0 bridgehead atoms. The van der Waals surface area contributed by atoms with Gasteiger partial charge in [-0.1, -0.05) is 26.0 Å². The molecule has 1 amide bonds. The Morgan fingerprint density at radius 2 is 2.28 bits per heavy atom. The van der Waals surface area contributed by atoms with E-state index in [1.165, 1.54) is 6.42 Å². The van der Waals surface area contributed by atoms with Gasteiger partial charge in [0.2, 0.25) is 5.91 Å². The van der Waals surface area contributed by atoms with E-state index < -0.39 is 0 Å². The fourth-order valence-corrected chi connectivity index (χ4v) is 2.73. The van der Waals surface area contributed by atoms with Gasteiger partial charge in [0.1, 0.15) is 0 Å². The number of nitrogens with one attached hydrogen (secondary N) is 1. The Morgan fingerprint density at radius 1 is 1.50 bits per heavy atom. The second-order valence-corrected chi connectivity index (χ2v) is 6.09. The largest absolute Gasteiger partial charge is 0.399 e. The third-order valence-electron chi connectivity index (χ3n) is 3.65. The lowest BCUT2D eigenvalue weighted by molar-refractivity contribution is -0.121. The molecule has 2 rings (SSSR count). The molecule has 0 aliphatic heterocycles. The topological polar surface area (TPSA) is 55.1 Å². The number of hydrogen-bond acceptors (Lipinski definition) is 2. The summed E-state index contributed by atoms with van der Waals surface area (Å²) in [6.45, 7) is 4.52. The maximum absolute atomic E-state index is 11.9. The van der Waals surface area contributed by atoms with Crippen molar-refractivity contribution in [2.24, 2.45) is 5.41 Å². The fourth-order valence-electron chi connectivity index (χ4n) is 2.73. The third kappa shape index (κ3) is 3.49. The lowest BCUT2D eigenvalue weighted by Crippen LogP contribution is -2.34. The minimum absolute atomic E-state index is 0.100. The number of nitrogen functional groups attached to an aromatic ring is 1. The van der Waals surface area contributed by atoms with Gasteiger partial charge in [-0.15, -0.1) is 0 Å². The number of rotatable bonds is 3. The average Bonchev–Trinajstić information content (AvgIpc) is 2.57. The van der Waals surface area contributed by atoms with Crippen molar-refractivity contribution in [2.45, 2.75) is 45.6 Å². The molecule has 1 aliphatic rings. The molecule has 3 heteroatoms. The average molecular weight is 246 g/mol. The van der Waals surface area contributed by atoms with Crippen LogP contribution in [0.4, 0.5) is 5.69 Å². The van der Waals surface area contributed by atoms with Crippen molar-refractivity contribution >= 4 is 11.6 Å². The Kier molecular flexibility index (Phi) is 3.60. The summed E-state index contributed by atoms with van der Waals surface area (Å²) >= 11 is 0. The second-order valence-electron chi connectivity index (χ2n) is 6.09. The van der Waals surface area contributed by atoms with Crippen molar-refractivity contribution in [3.05, 3.63) is 29.8 Å². The second kappa shape index (κ2) is 5.01. The maximum Gasteiger partial charge on any atom is 0.224 e. The quantitative estimate of drug-likeness (QED) is 0.805. The molecule has 1 aromatic rings. The van der Waals surface area contributed by atoms with E-state index in [9.17, 15) is 4.79 Å². The van der Waals surface area contributed by atoms with E-state index in [4.69, 9.17) is 5.73 Å². The molecule has 18 heavy (non-hydrogen) atoms. The molecule has 3 N–H and O–H groups in total. The van der Waals surface area contributed by atoms with Crippen LogP contribution in [0.5, 0.6) is 0 Å². The predicted molar refractivity (Wildman–Crippen MR) is 74.1 cm³/mol. The Hall–Kier alpha value is -1.51. The zero-order valence-corrected chi connectivity index (χ0v) is 11.2. The normalized spacial score (nSPS) is 21.8. The molecule has 0 heterocycles. The van der Waals surface area contributed by atoms with Gasteiger partial charge in [0.15, 0.2) is 0 Å². The van der Waals surface area contributed by atoms with Crippen molar-refractivity contribution < 1.29 is 4.79 Å². The molecule has 3 nitrogen and oxygen atoms in total. The molecule has 1 aliphatic carbocycles. The van der Waals surface area contributed by atoms with Gasteiger partial charge < -0.3 is 11.1 Å². The summed E-state index contributed by atoms with van der Waals surface area (Å²) in [5.74, 6) is 0.100. The number of anilines is 1. The summed E-state index contributed by atoms with van der Waals surface area (Å²) in [7, 11) is 0. The number of amides is 1. The van der Waals surface area contributed by atoms with Gasteiger partial charge in [0.25, 0.3) is 0 Å². The Labute approximate surface area is 109 Å². The maximum atomic E-state index is 11.9. The van der Waals surface area contributed by atoms with Crippen molar-refractivity contribution in [1.82, 2.24) is 5.32 Å². The number of benzene rings is 1. The molecule has 1 atom stereocenters. The Bertz CT molecular complexity index is 440. The number of carbonyl (C=O) groups excluding carboxylic acids is 1. The van der Waals surface area contributed by atoms with Gasteiger partial charge in [-0.2, -0.15) is 0 Å². The van der Waals surface area contributed by atoms with Crippen LogP contribution in [0.3, 0.4) is 0 Å². The summed E-state index contributed by atoms with van der Waals surface area (Å²) in [6.07, 6.45) is 3.78. The summed E-state index contributed by atoms with van der Waals surface area (Å²) in [6, 6.07) is 7.86. The molecular formula is C15H22N2O. The van der Waals surface area contributed by atoms with Crippen LogP contribution in [0.15, 0.2) is 24.3 Å². The van der Waals surface area contributed by atoms with Gasteiger partial charge in [-0.05, 0) is 42.4 Å². The van der Waals surface area contributed by atoms with E-state index in [1.54, 1.807) is 0 Å². The van der Waals surface area contributed by atoms with Crippen LogP contribution in [0.1, 0.15) is 38.7 Å². The highest BCUT2D eigenvalue weighted by Gasteiger charge is 2.31. The molecule has 0 aromatic heterocycles. The zero-order valence-electron chi connectivity index (χ0n) is 11.2. The van der Waals surface area contributed by atoms with E-state index in [0.717, 1.165) is 18.4 Å². The molecule has 98 valence electrons. The van der Waals surface area contributed by atoms with E-state index in [-0.39, 0.29) is 5.91 Å². The van der Waals surface area contributed by atoms with Gasteiger partial charge in [0.05, 0.1) is 6.42 Å². The molecule has 1 saturated carbocycles. The van der Waals surface area contributed by atoms with Crippen LogP contribution in [-0.4, -0.2) is 11.9 Å². The Balaban J connectivity index is 1.86. The van der Waals surface area contributed by atoms with Crippen molar-refractivity contribution in [3.63, 3.8) is 0 Å². The molecule has 1 unspecified atom stereocenters. The van der Waals surface area contributed by atoms with E-state index in [2.05, 4.69) is 19.2 Å². The first-order valence-corrected chi connectivity index (χ1v) is 6.58. The SMILES string of the molecule is CC1(C)CCC(NC(=O)Cc2cccc(N)c2)C1. The van der Waals surface area contributed by atoms with E-state index in [1.807, 2.05) is 24.3 Å². The number of nitrogens with two attached hydrogens (primary N) is 1. The summed E-state index contributed by atoms with van der Waals surface area (Å²) in [5, 5.41) is 3.12. The van der Waals surface area contributed by atoms with Crippen LogP contribution in [0, 0.1) is 5.41 Å². The lowest BCUT2D eigenvalue weighted by atomic mass is 9.92. The smallest absolute Gasteiger partial charge is 0.224 e. The van der Waals surface area contributed by atoms with Gasteiger partial charge in [-0.25, -0.2) is 0 Å². The minimum Gasteiger partial charge on any atom is -0.399 e. The van der Waals surface area contributed by atoms with Crippen LogP contribution < -0.4 is 11.1 Å². The van der Waals surface area contributed by atoms with E-state index >= 15 is 0 Å². The molecule has 0 saturated heterocycles. The van der Waals surface area contributed by atoms with Crippen LogP contribution >= 0.6 is 0 Å².